The quantitative estimate of drug-likeness (QED) is 0.691. The normalized spacial score (nSPS) is 11.2. The molecule has 0 radical (unpaired) electrons. The molecule has 0 aliphatic carbocycles. The second-order valence-electron chi connectivity index (χ2n) is 6.75. The number of carbonyl (C=O) groups is 2. The Bertz CT molecular complexity index is 967. The fraction of sp³-hybridized carbons (Fsp3) is 0.300. The molecule has 0 bridgehead atoms. The van der Waals surface area contributed by atoms with E-state index in [9.17, 15) is 18.0 Å². The SMILES string of the molecule is Cc1ccc(C)c(S(=O)(=O)Nc2ccc(C(=O)OCC(=O)NC(C)C)cc2)c1. The van der Waals surface area contributed by atoms with E-state index in [1.54, 1.807) is 32.9 Å². The van der Waals surface area contributed by atoms with Crippen LogP contribution in [0.3, 0.4) is 0 Å². The second-order valence-corrected chi connectivity index (χ2v) is 8.40. The molecule has 0 saturated carbocycles. The van der Waals surface area contributed by atoms with E-state index in [4.69, 9.17) is 4.74 Å². The maximum atomic E-state index is 12.6. The lowest BCUT2D eigenvalue weighted by Gasteiger charge is -2.12. The van der Waals surface area contributed by atoms with Crippen LogP contribution in [0.1, 0.15) is 35.3 Å². The van der Waals surface area contributed by atoms with Gasteiger partial charge in [-0.15, -0.1) is 0 Å². The van der Waals surface area contributed by atoms with Crippen LogP contribution in [0.4, 0.5) is 5.69 Å². The summed E-state index contributed by atoms with van der Waals surface area (Å²) in [6, 6.07) is 10.9. The van der Waals surface area contributed by atoms with E-state index in [0.29, 0.717) is 11.3 Å². The Morgan fingerprint density at radius 2 is 1.68 bits per heavy atom. The van der Waals surface area contributed by atoms with Gasteiger partial charge in [-0.25, -0.2) is 13.2 Å². The van der Waals surface area contributed by atoms with Crippen molar-refractivity contribution in [2.24, 2.45) is 0 Å². The van der Waals surface area contributed by atoms with Crippen molar-refractivity contribution < 1.29 is 22.7 Å². The second kappa shape index (κ2) is 8.88. The standard InChI is InChI=1S/C20H24N2O5S/c1-13(2)21-19(23)12-27-20(24)16-7-9-17(10-8-16)22-28(25,26)18-11-14(3)5-6-15(18)4/h5-11,13,22H,12H2,1-4H3,(H,21,23). The number of benzene rings is 2. The molecule has 0 heterocycles. The van der Waals surface area contributed by atoms with Crippen LogP contribution in [0.5, 0.6) is 0 Å². The summed E-state index contributed by atoms with van der Waals surface area (Å²) in [5.41, 5.74) is 2.01. The molecule has 0 aromatic heterocycles. The fourth-order valence-electron chi connectivity index (χ4n) is 2.46. The van der Waals surface area contributed by atoms with Gasteiger partial charge in [-0.3, -0.25) is 9.52 Å². The Morgan fingerprint density at radius 3 is 2.29 bits per heavy atom. The Balaban J connectivity index is 2.05. The molecule has 0 fully saturated rings. The van der Waals surface area contributed by atoms with Crippen molar-refractivity contribution in [3.8, 4) is 0 Å². The zero-order chi connectivity index (χ0) is 20.9. The van der Waals surface area contributed by atoms with E-state index in [0.717, 1.165) is 5.56 Å². The predicted molar refractivity (Wildman–Crippen MR) is 107 cm³/mol. The van der Waals surface area contributed by atoms with Gasteiger partial charge in [-0.2, -0.15) is 0 Å². The van der Waals surface area contributed by atoms with Crippen LogP contribution in [-0.4, -0.2) is 32.9 Å². The number of ether oxygens (including phenoxy) is 1. The van der Waals surface area contributed by atoms with Gasteiger partial charge < -0.3 is 10.1 Å². The summed E-state index contributed by atoms with van der Waals surface area (Å²) < 4.78 is 32.7. The third kappa shape index (κ3) is 5.82. The minimum absolute atomic E-state index is 0.0458. The van der Waals surface area contributed by atoms with E-state index >= 15 is 0 Å². The monoisotopic (exact) mass is 404 g/mol. The lowest BCUT2D eigenvalue weighted by Crippen LogP contribution is -2.33. The molecule has 2 rings (SSSR count). The molecule has 0 unspecified atom stereocenters. The third-order valence-electron chi connectivity index (χ3n) is 3.79. The molecule has 28 heavy (non-hydrogen) atoms. The first-order valence-corrected chi connectivity index (χ1v) is 10.2. The van der Waals surface area contributed by atoms with Crippen LogP contribution in [0.2, 0.25) is 0 Å². The van der Waals surface area contributed by atoms with Crippen molar-refractivity contribution in [2.45, 2.75) is 38.6 Å². The zero-order valence-electron chi connectivity index (χ0n) is 16.3. The topological polar surface area (TPSA) is 102 Å². The maximum absolute atomic E-state index is 12.6. The lowest BCUT2D eigenvalue weighted by atomic mass is 10.2. The highest BCUT2D eigenvalue weighted by molar-refractivity contribution is 7.92. The van der Waals surface area contributed by atoms with Gasteiger partial charge in [0.25, 0.3) is 15.9 Å². The number of nitrogens with one attached hydrogen (secondary N) is 2. The average molecular weight is 404 g/mol. The molecule has 1 amide bonds. The Morgan fingerprint density at radius 1 is 1.04 bits per heavy atom. The molecule has 0 atom stereocenters. The molecule has 7 nitrogen and oxygen atoms in total. The van der Waals surface area contributed by atoms with Gasteiger partial charge >= 0.3 is 5.97 Å². The van der Waals surface area contributed by atoms with E-state index < -0.39 is 16.0 Å². The number of carbonyl (C=O) groups excluding carboxylic acids is 2. The van der Waals surface area contributed by atoms with Crippen molar-refractivity contribution in [3.05, 3.63) is 59.2 Å². The highest BCUT2D eigenvalue weighted by Crippen LogP contribution is 2.21. The molecule has 150 valence electrons. The highest BCUT2D eigenvalue weighted by Gasteiger charge is 2.18. The van der Waals surface area contributed by atoms with Gasteiger partial charge in [-0.1, -0.05) is 12.1 Å². The molecule has 0 spiro atoms. The summed E-state index contributed by atoms with van der Waals surface area (Å²) in [5, 5.41) is 2.62. The van der Waals surface area contributed by atoms with Gasteiger partial charge in [0.1, 0.15) is 0 Å². The number of amides is 1. The van der Waals surface area contributed by atoms with Crippen molar-refractivity contribution >= 4 is 27.6 Å². The van der Waals surface area contributed by atoms with Gasteiger partial charge in [-0.05, 0) is 69.2 Å². The number of hydrogen-bond donors (Lipinski definition) is 2. The van der Waals surface area contributed by atoms with E-state index in [2.05, 4.69) is 10.0 Å². The molecule has 2 aromatic rings. The summed E-state index contributed by atoms with van der Waals surface area (Å²) in [6.45, 7) is 6.77. The predicted octanol–water partition coefficient (Wildman–Crippen LogP) is 2.79. The minimum atomic E-state index is -3.75. The molecule has 0 saturated heterocycles. The Hall–Kier alpha value is -2.87. The van der Waals surface area contributed by atoms with E-state index in [-0.39, 0.29) is 29.0 Å². The number of esters is 1. The van der Waals surface area contributed by atoms with Crippen LogP contribution < -0.4 is 10.0 Å². The van der Waals surface area contributed by atoms with Crippen molar-refractivity contribution in [1.29, 1.82) is 0 Å². The zero-order valence-corrected chi connectivity index (χ0v) is 17.1. The number of rotatable bonds is 7. The van der Waals surface area contributed by atoms with E-state index in [1.807, 2.05) is 13.0 Å². The first kappa shape index (κ1) is 21.4. The summed E-state index contributed by atoms with van der Waals surface area (Å²) in [7, 11) is -3.75. The molecule has 8 heteroatoms. The first-order chi connectivity index (χ1) is 13.1. The highest BCUT2D eigenvalue weighted by atomic mass is 32.2. The van der Waals surface area contributed by atoms with Gasteiger partial charge in [0.2, 0.25) is 0 Å². The van der Waals surface area contributed by atoms with Crippen molar-refractivity contribution in [2.75, 3.05) is 11.3 Å². The van der Waals surface area contributed by atoms with Crippen LogP contribution in [-0.2, 0) is 19.6 Å². The molecule has 2 N–H and O–H groups in total. The van der Waals surface area contributed by atoms with Crippen LogP contribution in [0.25, 0.3) is 0 Å². The van der Waals surface area contributed by atoms with Crippen LogP contribution in [0, 0.1) is 13.8 Å². The minimum Gasteiger partial charge on any atom is -0.452 e. The third-order valence-corrected chi connectivity index (χ3v) is 5.31. The molecular formula is C20H24N2O5S. The van der Waals surface area contributed by atoms with Crippen LogP contribution >= 0.6 is 0 Å². The Labute approximate surface area is 165 Å². The molecule has 0 aliphatic rings. The number of aryl methyl sites for hydroxylation is 2. The first-order valence-electron chi connectivity index (χ1n) is 8.75. The largest absolute Gasteiger partial charge is 0.452 e. The molecule has 0 aliphatic heterocycles. The summed E-state index contributed by atoms with van der Waals surface area (Å²) in [6.07, 6.45) is 0. The fourth-order valence-corrected chi connectivity index (χ4v) is 3.85. The van der Waals surface area contributed by atoms with Crippen molar-refractivity contribution in [3.63, 3.8) is 0 Å². The van der Waals surface area contributed by atoms with Gasteiger partial charge in [0.15, 0.2) is 6.61 Å². The van der Waals surface area contributed by atoms with E-state index in [1.165, 1.54) is 24.3 Å². The summed E-state index contributed by atoms with van der Waals surface area (Å²) in [4.78, 5) is 23.7. The molecule has 2 aromatic carbocycles. The smallest absolute Gasteiger partial charge is 0.338 e. The average Bonchev–Trinajstić information content (AvgIpc) is 2.61. The lowest BCUT2D eigenvalue weighted by molar-refractivity contribution is -0.124. The van der Waals surface area contributed by atoms with Gasteiger partial charge in [0.05, 0.1) is 10.5 Å². The maximum Gasteiger partial charge on any atom is 0.338 e. The molecular weight excluding hydrogens is 380 g/mol. The summed E-state index contributed by atoms with van der Waals surface area (Å²) >= 11 is 0. The number of anilines is 1. The van der Waals surface area contributed by atoms with Crippen LogP contribution in [0.15, 0.2) is 47.4 Å². The van der Waals surface area contributed by atoms with Crippen molar-refractivity contribution in [1.82, 2.24) is 5.32 Å². The van der Waals surface area contributed by atoms with Gasteiger partial charge in [0, 0.05) is 11.7 Å². The Kier molecular flexibility index (Phi) is 6.80. The number of sulfonamides is 1. The summed E-state index contributed by atoms with van der Waals surface area (Å²) in [5.74, 6) is -1.05. The number of hydrogen-bond acceptors (Lipinski definition) is 5.